The van der Waals surface area contributed by atoms with Crippen molar-refractivity contribution in [2.45, 2.75) is 26.8 Å². The topological polar surface area (TPSA) is 117 Å². The van der Waals surface area contributed by atoms with E-state index in [0.717, 1.165) is 9.75 Å². The summed E-state index contributed by atoms with van der Waals surface area (Å²) in [6, 6.07) is 7.01. The van der Waals surface area contributed by atoms with Gasteiger partial charge in [0.05, 0.1) is 10.6 Å². The quantitative estimate of drug-likeness (QED) is 0.733. The number of nitrogen functional groups attached to an aromatic ring is 1. The number of primary amides is 1. The fourth-order valence-electron chi connectivity index (χ4n) is 2.61. The Balaban J connectivity index is 2.31. The molecule has 0 aliphatic rings. The lowest BCUT2D eigenvalue weighted by Gasteiger charge is -2.14. The summed E-state index contributed by atoms with van der Waals surface area (Å²) in [5, 5.41) is 0. The molecule has 0 unspecified atom stereocenters. The van der Waals surface area contributed by atoms with E-state index < -0.39 is 5.91 Å². The molecular formula is C18H19N5O2S. The molecule has 0 radical (unpaired) electrons. The van der Waals surface area contributed by atoms with Gasteiger partial charge in [-0.25, -0.2) is 9.97 Å². The zero-order valence-electron chi connectivity index (χ0n) is 14.7. The number of amides is 1. The van der Waals surface area contributed by atoms with Gasteiger partial charge in [-0.3, -0.25) is 9.59 Å². The molecule has 0 saturated heterocycles. The second-order valence-corrected chi connectivity index (χ2v) is 7.47. The molecular weight excluding hydrogens is 350 g/mol. The lowest BCUT2D eigenvalue weighted by molar-refractivity contribution is 0.0996. The maximum Gasteiger partial charge on any atom is 0.271 e. The van der Waals surface area contributed by atoms with E-state index in [1.165, 1.54) is 6.07 Å². The number of hydrogen-bond acceptors (Lipinski definition) is 6. The minimum atomic E-state index is -0.748. The third kappa shape index (κ3) is 3.23. The van der Waals surface area contributed by atoms with E-state index in [-0.39, 0.29) is 23.1 Å². The molecule has 7 nitrogen and oxygen atoms in total. The number of aromatic nitrogens is 3. The van der Waals surface area contributed by atoms with Gasteiger partial charge < -0.3 is 16.0 Å². The van der Waals surface area contributed by atoms with Crippen molar-refractivity contribution < 1.29 is 4.79 Å². The van der Waals surface area contributed by atoms with Crippen LogP contribution >= 0.6 is 11.3 Å². The number of thiophene rings is 1. The standard InChI is InChI=1S/C18H19N5O2S/c1-9(2)23-8-11(5-7-13(23)24)14-15(12-6-4-10(3)26-12)22-17(19)16(21-14)18(20)25/h4-9H,1-3H3,(H2,19,22)(H2,20,25). The van der Waals surface area contributed by atoms with Crippen LogP contribution in [0.1, 0.15) is 35.3 Å². The number of carbonyl (C=O) groups is 1. The van der Waals surface area contributed by atoms with Crippen LogP contribution in [-0.2, 0) is 0 Å². The summed E-state index contributed by atoms with van der Waals surface area (Å²) in [5.74, 6) is -0.762. The van der Waals surface area contributed by atoms with Gasteiger partial charge in [0.15, 0.2) is 11.5 Å². The molecule has 0 saturated carbocycles. The highest BCUT2D eigenvalue weighted by molar-refractivity contribution is 7.15. The Bertz CT molecular complexity index is 1050. The number of anilines is 1. The van der Waals surface area contributed by atoms with Gasteiger partial charge in [0.2, 0.25) is 0 Å². The van der Waals surface area contributed by atoms with Crippen LogP contribution in [-0.4, -0.2) is 20.4 Å². The van der Waals surface area contributed by atoms with Crippen LogP contribution in [0.3, 0.4) is 0 Å². The number of hydrogen-bond donors (Lipinski definition) is 2. The predicted octanol–water partition coefficient (Wildman–Crippen LogP) is 2.60. The summed E-state index contributed by atoms with van der Waals surface area (Å²) in [5.41, 5.74) is 12.8. The Morgan fingerprint density at radius 1 is 1.15 bits per heavy atom. The highest BCUT2D eigenvalue weighted by Crippen LogP contribution is 2.34. The fraction of sp³-hybridized carbons (Fsp3) is 0.222. The minimum Gasteiger partial charge on any atom is -0.382 e. The number of carbonyl (C=O) groups excluding carboxylic acids is 1. The van der Waals surface area contributed by atoms with Crippen molar-refractivity contribution in [1.29, 1.82) is 0 Å². The number of pyridine rings is 1. The first-order valence-electron chi connectivity index (χ1n) is 8.04. The molecule has 0 aliphatic carbocycles. The molecule has 3 heterocycles. The van der Waals surface area contributed by atoms with Crippen LogP contribution in [0.2, 0.25) is 0 Å². The largest absolute Gasteiger partial charge is 0.382 e. The molecule has 0 spiro atoms. The van der Waals surface area contributed by atoms with E-state index in [0.29, 0.717) is 17.0 Å². The van der Waals surface area contributed by atoms with Gasteiger partial charge in [-0.05, 0) is 39.0 Å². The van der Waals surface area contributed by atoms with Crippen molar-refractivity contribution >= 4 is 23.1 Å². The Labute approximate surface area is 154 Å². The third-order valence-corrected chi connectivity index (χ3v) is 4.91. The number of aryl methyl sites for hydroxylation is 1. The summed E-state index contributed by atoms with van der Waals surface area (Å²) in [4.78, 5) is 34.5. The van der Waals surface area contributed by atoms with E-state index >= 15 is 0 Å². The van der Waals surface area contributed by atoms with Gasteiger partial charge in [-0.2, -0.15) is 0 Å². The summed E-state index contributed by atoms with van der Waals surface area (Å²) in [7, 11) is 0. The van der Waals surface area contributed by atoms with E-state index in [2.05, 4.69) is 9.97 Å². The summed E-state index contributed by atoms with van der Waals surface area (Å²) in [6.07, 6.45) is 1.71. The smallest absolute Gasteiger partial charge is 0.271 e. The average Bonchev–Trinajstić information content (AvgIpc) is 3.01. The van der Waals surface area contributed by atoms with Gasteiger partial charge in [-0.1, -0.05) is 0 Å². The molecule has 0 aromatic carbocycles. The van der Waals surface area contributed by atoms with Gasteiger partial charge >= 0.3 is 0 Å². The molecule has 3 aromatic rings. The third-order valence-electron chi connectivity index (χ3n) is 3.90. The van der Waals surface area contributed by atoms with Crippen molar-refractivity contribution in [2.75, 3.05) is 5.73 Å². The van der Waals surface area contributed by atoms with Crippen molar-refractivity contribution in [3.63, 3.8) is 0 Å². The predicted molar refractivity (Wildman–Crippen MR) is 103 cm³/mol. The Morgan fingerprint density at radius 2 is 1.88 bits per heavy atom. The molecule has 8 heteroatoms. The second kappa shape index (κ2) is 6.72. The van der Waals surface area contributed by atoms with Crippen molar-refractivity contribution in [1.82, 2.24) is 14.5 Å². The van der Waals surface area contributed by atoms with Crippen LogP contribution in [0.4, 0.5) is 5.82 Å². The van der Waals surface area contributed by atoms with E-state index in [1.54, 1.807) is 28.2 Å². The molecule has 1 amide bonds. The molecule has 3 rings (SSSR count). The average molecular weight is 369 g/mol. The summed E-state index contributed by atoms with van der Waals surface area (Å²) in [6.45, 7) is 5.82. The Morgan fingerprint density at radius 3 is 2.46 bits per heavy atom. The first-order chi connectivity index (χ1) is 12.3. The van der Waals surface area contributed by atoms with Crippen molar-refractivity contribution in [3.05, 3.63) is 51.4 Å². The van der Waals surface area contributed by atoms with Gasteiger partial charge in [0.25, 0.3) is 11.5 Å². The van der Waals surface area contributed by atoms with E-state index in [4.69, 9.17) is 11.5 Å². The fourth-order valence-corrected chi connectivity index (χ4v) is 3.47. The normalized spacial score (nSPS) is 11.1. The Kier molecular flexibility index (Phi) is 4.60. The molecule has 0 atom stereocenters. The lowest BCUT2D eigenvalue weighted by Crippen LogP contribution is -2.21. The lowest BCUT2D eigenvalue weighted by atomic mass is 10.1. The molecule has 0 fully saturated rings. The number of rotatable bonds is 4. The second-order valence-electron chi connectivity index (χ2n) is 6.19. The maximum atomic E-state index is 12.1. The van der Waals surface area contributed by atoms with E-state index in [1.807, 2.05) is 32.9 Å². The summed E-state index contributed by atoms with van der Waals surface area (Å²) < 4.78 is 1.60. The molecule has 3 aromatic heterocycles. The van der Waals surface area contributed by atoms with Crippen LogP contribution in [0, 0.1) is 6.92 Å². The SMILES string of the molecule is Cc1ccc(-c2nc(N)c(C(N)=O)nc2-c2ccc(=O)n(C(C)C)c2)s1. The van der Waals surface area contributed by atoms with Crippen LogP contribution in [0.15, 0.2) is 35.3 Å². The molecule has 26 heavy (non-hydrogen) atoms. The maximum absolute atomic E-state index is 12.1. The molecule has 134 valence electrons. The van der Waals surface area contributed by atoms with Crippen LogP contribution < -0.4 is 17.0 Å². The zero-order chi connectivity index (χ0) is 19.0. The zero-order valence-corrected chi connectivity index (χ0v) is 15.5. The van der Waals surface area contributed by atoms with Gasteiger partial charge in [0.1, 0.15) is 5.69 Å². The van der Waals surface area contributed by atoms with E-state index in [9.17, 15) is 9.59 Å². The van der Waals surface area contributed by atoms with Crippen LogP contribution in [0.5, 0.6) is 0 Å². The molecule has 0 bridgehead atoms. The monoisotopic (exact) mass is 369 g/mol. The number of nitrogens with two attached hydrogens (primary N) is 2. The van der Waals surface area contributed by atoms with Crippen molar-refractivity contribution in [2.24, 2.45) is 5.73 Å². The summed E-state index contributed by atoms with van der Waals surface area (Å²) >= 11 is 1.54. The van der Waals surface area contributed by atoms with Gasteiger partial charge in [0, 0.05) is 28.7 Å². The van der Waals surface area contributed by atoms with Crippen LogP contribution in [0.25, 0.3) is 21.8 Å². The van der Waals surface area contributed by atoms with Gasteiger partial charge in [-0.15, -0.1) is 11.3 Å². The molecule has 0 aliphatic heterocycles. The van der Waals surface area contributed by atoms with Crippen molar-refractivity contribution in [3.8, 4) is 21.8 Å². The number of nitrogens with zero attached hydrogens (tertiary/aromatic N) is 3. The first kappa shape index (κ1) is 17.8. The Hall–Kier alpha value is -3.00. The highest BCUT2D eigenvalue weighted by atomic mass is 32.1. The minimum absolute atomic E-state index is 0.0144. The molecule has 4 N–H and O–H groups in total. The highest BCUT2D eigenvalue weighted by Gasteiger charge is 2.20. The first-order valence-corrected chi connectivity index (χ1v) is 8.86.